The Morgan fingerprint density at radius 1 is 1.06 bits per heavy atom. The molecule has 2 aromatic carbocycles. The summed E-state index contributed by atoms with van der Waals surface area (Å²) in [7, 11) is 0. The molecule has 33 heavy (non-hydrogen) atoms. The van der Waals surface area contributed by atoms with Crippen LogP contribution in [0.4, 0.5) is 0 Å². The third-order valence-corrected chi connectivity index (χ3v) is 6.91. The van der Waals surface area contributed by atoms with Crippen LogP contribution in [0.15, 0.2) is 54.7 Å². The Kier molecular flexibility index (Phi) is 5.28. The zero-order chi connectivity index (χ0) is 23.2. The van der Waals surface area contributed by atoms with Crippen molar-refractivity contribution in [2.75, 3.05) is 6.61 Å². The van der Waals surface area contributed by atoms with E-state index in [9.17, 15) is 9.59 Å². The molecule has 0 amide bonds. The first kappa shape index (κ1) is 21.4. The number of carbonyl (C=O) groups excluding carboxylic acids is 2. The fourth-order valence-corrected chi connectivity index (χ4v) is 4.94. The summed E-state index contributed by atoms with van der Waals surface area (Å²) in [5.41, 5.74) is 4.86. The number of rotatable bonds is 4. The highest BCUT2D eigenvalue weighted by Gasteiger charge is 2.33. The molecular weight excluding hydrogens is 412 g/mol. The molecule has 1 aliphatic carbocycles. The van der Waals surface area contributed by atoms with Crippen molar-refractivity contribution in [3.63, 3.8) is 0 Å². The molecule has 4 aromatic rings. The maximum absolute atomic E-state index is 13.4. The summed E-state index contributed by atoms with van der Waals surface area (Å²) in [4.78, 5) is 34.3. The summed E-state index contributed by atoms with van der Waals surface area (Å²) < 4.78 is 5.63. The Hall–Kier alpha value is -3.47. The molecule has 1 aliphatic rings. The molecule has 2 heterocycles. The number of Topliss-reactive ketones (excluding diaryl/α,β-unsaturated/α-hetero) is 1. The second-order valence-corrected chi connectivity index (χ2v) is 9.98. The minimum atomic E-state index is -0.451. The van der Waals surface area contributed by atoms with Gasteiger partial charge in [-0.25, -0.2) is 4.79 Å². The Bertz CT molecular complexity index is 1380. The second kappa shape index (κ2) is 8.14. The van der Waals surface area contributed by atoms with Crippen LogP contribution in [0.2, 0.25) is 0 Å². The van der Waals surface area contributed by atoms with E-state index >= 15 is 0 Å². The lowest BCUT2D eigenvalue weighted by Gasteiger charge is -2.35. The zero-order valence-electron chi connectivity index (χ0n) is 19.3. The number of ketones is 1. The van der Waals surface area contributed by atoms with E-state index in [1.807, 2.05) is 48.5 Å². The number of carbonyl (C=O) groups is 2. The summed E-state index contributed by atoms with van der Waals surface area (Å²) in [6, 6.07) is 15.3. The van der Waals surface area contributed by atoms with Crippen LogP contribution in [-0.4, -0.2) is 28.3 Å². The van der Waals surface area contributed by atoms with Crippen LogP contribution in [0.25, 0.3) is 21.8 Å². The van der Waals surface area contributed by atoms with Gasteiger partial charge in [0.1, 0.15) is 0 Å². The molecule has 5 nitrogen and oxygen atoms in total. The highest BCUT2D eigenvalue weighted by Crippen LogP contribution is 2.39. The third kappa shape index (κ3) is 3.92. The Balaban J connectivity index is 1.47. The maximum atomic E-state index is 13.4. The van der Waals surface area contributed by atoms with Crippen molar-refractivity contribution in [1.29, 1.82) is 0 Å². The fourth-order valence-electron chi connectivity index (χ4n) is 4.94. The Morgan fingerprint density at radius 3 is 2.58 bits per heavy atom. The average Bonchev–Trinajstić information content (AvgIpc) is 3.24. The van der Waals surface area contributed by atoms with Crippen LogP contribution in [0, 0.1) is 11.3 Å². The van der Waals surface area contributed by atoms with Gasteiger partial charge in [-0.05, 0) is 48.3 Å². The molecule has 0 saturated carbocycles. The van der Waals surface area contributed by atoms with E-state index in [2.05, 4.69) is 25.8 Å². The highest BCUT2D eigenvalue weighted by atomic mass is 16.5. The molecule has 0 bridgehead atoms. The van der Waals surface area contributed by atoms with E-state index in [1.54, 1.807) is 6.20 Å². The highest BCUT2D eigenvalue weighted by molar-refractivity contribution is 6.10. The van der Waals surface area contributed by atoms with Crippen molar-refractivity contribution in [3.05, 3.63) is 77.1 Å². The summed E-state index contributed by atoms with van der Waals surface area (Å²) in [6.07, 6.45) is 4.36. The largest absolute Gasteiger partial charge is 0.454 e. The second-order valence-electron chi connectivity index (χ2n) is 9.98. The van der Waals surface area contributed by atoms with Gasteiger partial charge in [0.15, 0.2) is 6.61 Å². The lowest BCUT2D eigenvalue weighted by molar-refractivity contribution is 0.0474. The monoisotopic (exact) mass is 440 g/mol. The summed E-state index contributed by atoms with van der Waals surface area (Å²) in [5.74, 6) is -0.222. The summed E-state index contributed by atoms with van der Waals surface area (Å²) in [5, 5.41) is 1.62. The maximum Gasteiger partial charge on any atom is 0.339 e. The van der Waals surface area contributed by atoms with Gasteiger partial charge in [0.05, 0.1) is 11.1 Å². The molecule has 0 unspecified atom stereocenters. The molecule has 1 atom stereocenters. The Morgan fingerprint density at radius 2 is 1.79 bits per heavy atom. The van der Waals surface area contributed by atoms with Crippen molar-refractivity contribution in [1.82, 2.24) is 9.97 Å². The minimum absolute atomic E-state index is 0.135. The van der Waals surface area contributed by atoms with Crippen LogP contribution in [0.1, 0.15) is 59.2 Å². The van der Waals surface area contributed by atoms with Gasteiger partial charge in [0.2, 0.25) is 5.78 Å². The van der Waals surface area contributed by atoms with Gasteiger partial charge >= 0.3 is 5.97 Å². The molecule has 0 radical (unpaired) electrons. The van der Waals surface area contributed by atoms with E-state index in [0.717, 1.165) is 52.3 Å². The molecule has 5 rings (SSSR count). The number of H-pyrrole nitrogens is 1. The number of aryl methyl sites for hydroxylation is 1. The van der Waals surface area contributed by atoms with E-state index in [1.165, 1.54) is 0 Å². The quantitative estimate of drug-likeness (QED) is 0.316. The number of ether oxygens (including phenoxy) is 1. The smallest absolute Gasteiger partial charge is 0.339 e. The number of fused-ring (bicyclic) bond motifs is 3. The molecule has 5 heteroatoms. The topological polar surface area (TPSA) is 72.0 Å². The van der Waals surface area contributed by atoms with Gasteiger partial charge in [-0.1, -0.05) is 57.2 Å². The van der Waals surface area contributed by atoms with E-state index in [4.69, 9.17) is 9.72 Å². The van der Waals surface area contributed by atoms with E-state index in [-0.39, 0.29) is 17.8 Å². The minimum Gasteiger partial charge on any atom is -0.454 e. The van der Waals surface area contributed by atoms with Crippen LogP contribution < -0.4 is 0 Å². The molecule has 2 aromatic heterocycles. The summed E-state index contributed by atoms with van der Waals surface area (Å²) in [6.45, 7) is 6.44. The standard InChI is InChI=1S/C28H28N2O3/c1-28(2,3)17-12-13-24-20(14-17)26(19-9-5-7-11-23(19)30-24)27(32)33-16-25(31)21-15-29-22-10-6-4-8-18(21)22/h4-11,15,17,29H,12-14,16H2,1-3H3/t17-/m1/s1. The number of hydrogen-bond acceptors (Lipinski definition) is 4. The van der Waals surface area contributed by atoms with Crippen LogP contribution in [-0.2, 0) is 17.6 Å². The van der Waals surface area contributed by atoms with E-state index < -0.39 is 5.97 Å². The van der Waals surface area contributed by atoms with Crippen LogP contribution >= 0.6 is 0 Å². The molecule has 0 spiro atoms. The first-order valence-corrected chi connectivity index (χ1v) is 11.5. The van der Waals surface area contributed by atoms with Crippen molar-refractivity contribution < 1.29 is 14.3 Å². The number of esters is 1. The summed E-state index contributed by atoms with van der Waals surface area (Å²) >= 11 is 0. The van der Waals surface area contributed by atoms with Crippen molar-refractivity contribution in [2.24, 2.45) is 11.3 Å². The molecule has 0 fully saturated rings. The Labute approximate surface area is 193 Å². The predicted octanol–water partition coefficient (Wildman–Crippen LogP) is 5.91. The molecule has 168 valence electrons. The number of aromatic nitrogens is 2. The molecule has 0 aliphatic heterocycles. The van der Waals surface area contributed by atoms with Gasteiger partial charge in [-0.3, -0.25) is 9.78 Å². The molecular formula is C28H28N2O3. The molecule has 1 N–H and O–H groups in total. The van der Waals surface area contributed by atoms with Crippen molar-refractivity contribution in [2.45, 2.75) is 40.0 Å². The zero-order valence-corrected chi connectivity index (χ0v) is 19.3. The number of hydrogen-bond donors (Lipinski definition) is 1. The average molecular weight is 441 g/mol. The third-order valence-electron chi connectivity index (χ3n) is 6.91. The molecule has 0 saturated heterocycles. The van der Waals surface area contributed by atoms with Gasteiger partial charge in [-0.2, -0.15) is 0 Å². The first-order chi connectivity index (χ1) is 15.8. The van der Waals surface area contributed by atoms with Crippen molar-refractivity contribution >= 4 is 33.6 Å². The number of nitrogens with one attached hydrogen (secondary N) is 1. The van der Waals surface area contributed by atoms with E-state index in [0.29, 0.717) is 17.0 Å². The predicted molar refractivity (Wildman–Crippen MR) is 130 cm³/mol. The van der Waals surface area contributed by atoms with Crippen LogP contribution in [0.3, 0.4) is 0 Å². The van der Waals surface area contributed by atoms with Crippen molar-refractivity contribution in [3.8, 4) is 0 Å². The van der Waals surface area contributed by atoms with Gasteiger partial charge < -0.3 is 9.72 Å². The number of nitrogens with zero attached hydrogens (tertiary/aromatic N) is 1. The lowest BCUT2D eigenvalue weighted by Crippen LogP contribution is -2.29. The number of aromatic amines is 1. The van der Waals surface area contributed by atoms with Crippen LogP contribution in [0.5, 0.6) is 0 Å². The number of para-hydroxylation sites is 2. The number of benzene rings is 2. The first-order valence-electron chi connectivity index (χ1n) is 11.5. The van der Waals surface area contributed by atoms with Gasteiger partial charge in [-0.15, -0.1) is 0 Å². The lowest BCUT2D eigenvalue weighted by atomic mass is 9.70. The SMILES string of the molecule is CC(C)(C)[C@@H]1CCc2nc3ccccc3c(C(=O)OCC(=O)c3c[nH]c4ccccc34)c2C1. The van der Waals surface area contributed by atoms with Gasteiger partial charge in [0.25, 0.3) is 0 Å². The fraction of sp³-hybridized carbons (Fsp3) is 0.321. The number of pyridine rings is 1. The normalized spacial score (nSPS) is 16.0. The van der Waals surface area contributed by atoms with Gasteiger partial charge in [0, 0.05) is 33.7 Å².